The molecule has 3 aliphatic heterocycles. The highest BCUT2D eigenvalue weighted by atomic mass is 31.2. The number of hydrogen-bond acceptors (Lipinski definition) is 17. The number of hydroxylamine groups is 4. The minimum absolute atomic E-state index is 0.0363. The lowest BCUT2D eigenvalue weighted by Gasteiger charge is -2.62. The molecule has 5 rings (SSSR count). The van der Waals surface area contributed by atoms with Crippen LogP contribution in [0.25, 0.3) is 0 Å². The van der Waals surface area contributed by atoms with Crippen LogP contribution in [0.15, 0.2) is 11.6 Å². The van der Waals surface area contributed by atoms with Crippen LogP contribution in [-0.2, 0) is 41.1 Å². The molecule has 2 saturated carbocycles. The summed E-state index contributed by atoms with van der Waals surface area (Å²) in [6, 6.07) is 7.30. The third-order valence-electron chi connectivity index (χ3n) is 11.8. The summed E-state index contributed by atoms with van der Waals surface area (Å²) in [7, 11) is -8.46. The number of fused-ring (bicyclic) bond motifs is 4. The summed E-state index contributed by atoms with van der Waals surface area (Å²) in [4.78, 5) is 14.1. The van der Waals surface area contributed by atoms with Crippen molar-refractivity contribution >= 4 is 21.6 Å². The molecule has 3 N–H and O–H groups in total. The number of hydrogen-bond donors (Lipinski definition) is 3. The second kappa shape index (κ2) is 17.4. The summed E-state index contributed by atoms with van der Waals surface area (Å²) >= 11 is 0. The summed E-state index contributed by atoms with van der Waals surface area (Å²) in [6.07, 6.45) is 3.06. The molecule has 0 aromatic heterocycles. The zero-order valence-electron chi connectivity index (χ0n) is 31.6. The van der Waals surface area contributed by atoms with Crippen molar-refractivity contribution in [1.82, 2.24) is 15.4 Å². The lowest BCUT2D eigenvalue weighted by molar-refractivity contribution is -0.298. The highest BCUT2D eigenvalue weighted by molar-refractivity contribution is 7.48. The van der Waals surface area contributed by atoms with Crippen molar-refractivity contribution < 1.29 is 51.5 Å². The first-order valence-corrected chi connectivity index (χ1v) is 21.6. The molecule has 1 amide bonds. The molecule has 18 nitrogen and oxygen atoms in total. The number of rotatable bonds is 16. The fourth-order valence-corrected chi connectivity index (χ4v) is 12.0. The highest BCUT2D eigenvalue weighted by Crippen LogP contribution is 2.61. The van der Waals surface area contributed by atoms with E-state index in [9.17, 15) is 24.3 Å². The normalized spacial score (nSPS) is 33.4. The van der Waals surface area contributed by atoms with Crippen molar-refractivity contribution in [1.29, 1.82) is 21.0 Å². The van der Waals surface area contributed by atoms with Crippen molar-refractivity contribution in [2.24, 2.45) is 5.92 Å². The molecule has 2 spiro atoms. The number of carbonyl (C=O) groups is 1. The van der Waals surface area contributed by atoms with Gasteiger partial charge in [0.1, 0.15) is 0 Å². The van der Waals surface area contributed by atoms with Crippen LogP contribution in [0, 0.1) is 51.2 Å². The molecule has 5 unspecified atom stereocenters. The number of phosphoric ester groups is 2. The van der Waals surface area contributed by atoms with Gasteiger partial charge in [-0.25, -0.2) is 9.13 Å². The molecular weight excluding hydrogens is 756 g/mol. The van der Waals surface area contributed by atoms with E-state index in [2.05, 4.69) is 5.32 Å². The molecule has 5 aliphatic rings. The second-order valence-electron chi connectivity index (χ2n) is 15.7. The summed E-state index contributed by atoms with van der Waals surface area (Å²) in [5.74, 6) is -1.05. The Morgan fingerprint density at radius 1 is 0.745 bits per heavy atom. The molecule has 0 aromatic rings. The Balaban J connectivity index is 1.46. The maximum Gasteiger partial charge on any atom is 0.475 e. The standard InChI is InChI=1S/C35H51N7O11P2/c1-32(2)29-24-33(3,41(32)44)28-25-35(13-10-30(28)53-55(47,50-20-6-16-38)51-21-7-17-39)23-26(40-31(29)43)22-34(42(35)45)11-8-27(9-12-34)52-54(46,48-18-4-14-36)49-19-5-15-37/h24,26-28,30,44-45H,4-13,18-23,25H2,1-3H3,(H,40,43). The maximum atomic E-state index is 14.1. The Labute approximate surface area is 322 Å². The Morgan fingerprint density at radius 2 is 1.22 bits per heavy atom. The summed E-state index contributed by atoms with van der Waals surface area (Å²) < 4.78 is 61.5. The number of amides is 1. The fourth-order valence-electron chi connectivity index (χ4n) is 9.23. The van der Waals surface area contributed by atoms with Crippen LogP contribution in [0.2, 0.25) is 0 Å². The van der Waals surface area contributed by atoms with Gasteiger partial charge < -0.3 is 15.7 Å². The van der Waals surface area contributed by atoms with E-state index in [1.165, 1.54) is 5.06 Å². The molecule has 5 atom stereocenters. The first kappa shape index (κ1) is 43.4. The van der Waals surface area contributed by atoms with Gasteiger partial charge in [-0.3, -0.25) is 31.9 Å². The van der Waals surface area contributed by atoms with Gasteiger partial charge in [0.2, 0.25) is 5.91 Å². The number of carbonyl (C=O) groups excluding carboxylic acids is 1. The smallest absolute Gasteiger partial charge is 0.349 e. The fraction of sp³-hybridized carbons (Fsp3) is 0.800. The van der Waals surface area contributed by atoms with E-state index in [0.29, 0.717) is 50.5 Å². The largest absolute Gasteiger partial charge is 0.475 e. The van der Waals surface area contributed by atoms with Crippen LogP contribution in [0.5, 0.6) is 0 Å². The monoisotopic (exact) mass is 807 g/mol. The Kier molecular flexibility index (Phi) is 13.7. The number of piperidine rings is 1. The molecule has 20 heteroatoms. The summed E-state index contributed by atoms with van der Waals surface area (Å²) in [5.41, 5.74) is -3.86. The molecule has 3 fully saturated rings. The number of nitrogens with one attached hydrogen (secondary N) is 1. The molecular formula is C35H51N7O11P2. The van der Waals surface area contributed by atoms with Crippen LogP contribution >= 0.6 is 15.6 Å². The van der Waals surface area contributed by atoms with Crippen molar-refractivity contribution in [3.05, 3.63) is 11.6 Å². The number of nitrogens with zero attached hydrogens (tertiary/aromatic N) is 6. The number of phosphoric acid groups is 2. The van der Waals surface area contributed by atoms with Crippen molar-refractivity contribution in [2.45, 2.75) is 145 Å². The third-order valence-corrected chi connectivity index (χ3v) is 14.8. The van der Waals surface area contributed by atoms with Crippen LogP contribution < -0.4 is 5.32 Å². The average Bonchev–Trinajstić information content (AvgIpc) is 3.33. The van der Waals surface area contributed by atoms with Gasteiger partial charge in [-0.15, -0.1) is 0 Å². The molecule has 5 bridgehead atoms. The van der Waals surface area contributed by atoms with E-state index in [-0.39, 0.29) is 76.9 Å². The lowest BCUT2D eigenvalue weighted by atomic mass is 9.60. The molecule has 3 heterocycles. The summed E-state index contributed by atoms with van der Waals surface area (Å²) in [6.45, 7) is 4.40. The molecule has 55 heavy (non-hydrogen) atoms. The molecule has 1 saturated heterocycles. The predicted molar refractivity (Wildman–Crippen MR) is 190 cm³/mol. The molecule has 0 aromatic carbocycles. The van der Waals surface area contributed by atoms with E-state index in [4.69, 9.17) is 48.2 Å². The second-order valence-corrected chi connectivity index (χ2v) is 18.9. The van der Waals surface area contributed by atoms with Gasteiger partial charge in [0.05, 0.1) is 99.7 Å². The highest BCUT2D eigenvalue weighted by Gasteiger charge is 2.64. The van der Waals surface area contributed by atoms with E-state index >= 15 is 0 Å². The van der Waals surface area contributed by atoms with Gasteiger partial charge in [-0.1, -0.05) is 6.08 Å². The van der Waals surface area contributed by atoms with Crippen LogP contribution in [-0.4, -0.2) is 93.3 Å². The zero-order valence-corrected chi connectivity index (χ0v) is 33.3. The first-order chi connectivity index (χ1) is 26.0. The first-order valence-electron chi connectivity index (χ1n) is 18.7. The Bertz CT molecular complexity index is 1680. The molecule has 2 aliphatic carbocycles. The van der Waals surface area contributed by atoms with E-state index < -0.39 is 55.9 Å². The van der Waals surface area contributed by atoms with E-state index in [1.807, 2.05) is 24.3 Å². The lowest BCUT2D eigenvalue weighted by Crippen LogP contribution is -2.71. The van der Waals surface area contributed by atoms with Crippen LogP contribution in [0.4, 0.5) is 0 Å². The topological polar surface area (TPSA) is 261 Å². The number of nitriles is 4. The SMILES string of the molecule is CC1(C)C2=CC(C)(C3CC4(CCC3OP(=O)(OCCC#N)OCCC#N)CC(CC3(CCC(OP(=O)(OCCC#N)OCCC#N)CC3)N4O)NC2=O)N1O. The summed E-state index contributed by atoms with van der Waals surface area (Å²) in [5, 5.41) is 66.2. The van der Waals surface area contributed by atoms with Gasteiger partial charge in [-0.2, -0.15) is 31.2 Å². The third kappa shape index (κ3) is 9.03. The Hall–Kier alpha value is -2.77. The minimum Gasteiger partial charge on any atom is -0.349 e. The van der Waals surface area contributed by atoms with Crippen molar-refractivity contribution in [3.63, 3.8) is 0 Å². The predicted octanol–water partition coefficient (Wildman–Crippen LogP) is 5.70. The molecule has 0 radical (unpaired) electrons. The quantitative estimate of drug-likeness (QED) is 0.125. The minimum atomic E-state index is -4.34. The van der Waals surface area contributed by atoms with E-state index in [1.54, 1.807) is 26.8 Å². The molecule has 302 valence electrons. The van der Waals surface area contributed by atoms with E-state index in [0.717, 1.165) is 5.06 Å². The van der Waals surface area contributed by atoms with Gasteiger partial charge >= 0.3 is 15.6 Å². The van der Waals surface area contributed by atoms with Crippen LogP contribution in [0.3, 0.4) is 0 Å². The Morgan fingerprint density at radius 3 is 1.73 bits per heavy atom. The van der Waals surface area contributed by atoms with Gasteiger partial charge in [-0.05, 0) is 78.6 Å². The van der Waals surface area contributed by atoms with Gasteiger partial charge in [0, 0.05) is 28.6 Å². The zero-order chi connectivity index (χ0) is 40.1. The van der Waals surface area contributed by atoms with Gasteiger partial charge in [0.15, 0.2) is 0 Å². The average molecular weight is 808 g/mol. The van der Waals surface area contributed by atoms with Gasteiger partial charge in [0.25, 0.3) is 0 Å². The van der Waals surface area contributed by atoms with Crippen molar-refractivity contribution in [3.8, 4) is 24.3 Å². The van der Waals surface area contributed by atoms with Crippen LogP contribution in [0.1, 0.15) is 104 Å². The maximum absolute atomic E-state index is 14.1. The van der Waals surface area contributed by atoms with Crippen molar-refractivity contribution in [2.75, 3.05) is 26.4 Å².